The Hall–Kier alpha value is -3.79. The van der Waals surface area contributed by atoms with Gasteiger partial charge in [0, 0.05) is 30.8 Å². The normalized spacial score (nSPS) is 27.6. The molecule has 1 N–H and O–H groups in total. The molecule has 3 aliphatic rings. The number of nitrogens with zero attached hydrogens (tertiary/aromatic N) is 3. The number of nitro benzene ring substituents is 1. The summed E-state index contributed by atoms with van der Waals surface area (Å²) in [6, 6.07) is 6.76. The highest BCUT2D eigenvalue weighted by Gasteiger charge is 2.65. The maximum atomic E-state index is 14.5. The Morgan fingerprint density at radius 1 is 1.08 bits per heavy atom. The molecule has 4 amide bonds. The molecule has 0 saturated carbocycles. The number of aryl methyl sites for hydroxylation is 3. The zero-order valence-electron chi connectivity index (χ0n) is 20.8. The van der Waals surface area contributed by atoms with E-state index in [0.717, 1.165) is 27.3 Å². The Morgan fingerprint density at radius 2 is 1.75 bits per heavy atom. The van der Waals surface area contributed by atoms with Crippen molar-refractivity contribution in [2.24, 2.45) is 5.41 Å². The minimum Gasteiger partial charge on any atom is -0.372 e. The first kappa shape index (κ1) is 23.9. The van der Waals surface area contributed by atoms with Gasteiger partial charge in [-0.05, 0) is 57.4 Å². The third-order valence-electron chi connectivity index (χ3n) is 7.51. The highest BCUT2D eigenvalue weighted by atomic mass is 16.6. The fourth-order valence-corrected chi connectivity index (χ4v) is 6.35. The van der Waals surface area contributed by atoms with Gasteiger partial charge in [-0.1, -0.05) is 17.7 Å². The average molecular weight is 493 g/mol. The van der Waals surface area contributed by atoms with E-state index in [1.807, 2.05) is 51.7 Å². The van der Waals surface area contributed by atoms with Crippen molar-refractivity contribution in [2.45, 2.75) is 59.3 Å². The first-order valence-electron chi connectivity index (χ1n) is 11.9. The van der Waals surface area contributed by atoms with E-state index in [1.165, 1.54) is 12.1 Å². The van der Waals surface area contributed by atoms with Crippen LogP contribution in [0.3, 0.4) is 0 Å². The molecule has 36 heavy (non-hydrogen) atoms. The molecule has 2 aromatic rings. The molecule has 3 aliphatic heterocycles. The number of non-ortho nitro benzene ring substituents is 1. The number of amides is 4. The second-order valence-electron chi connectivity index (χ2n) is 10.1. The zero-order chi connectivity index (χ0) is 26.1. The van der Waals surface area contributed by atoms with Gasteiger partial charge in [0.05, 0.1) is 28.9 Å². The predicted molar refractivity (Wildman–Crippen MR) is 132 cm³/mol. The van der Waals surface area contributed by atoms with Gasteiger partial charge in [-0.15, -0.1) is 0 Å². The maximum absolute atomic E-state index is 14.5. The number of benzene rings is 2. The van der Waals surface area contributed by atoms with Gasteiger partial charge in [0.25, 0.3) is 11.6 Å². The van der Waals surface area contributed by atoms with E-state index in [1.54, 1.807) is 6.07 Å². The van der Waals surface area contributed by atoms with Crippen molar-refractivity contribution in [3.8, 4) is 0 Å². The van der Waals surface area contributed by atoms with E-state index < -0.39 is 40.3 Å². The highest BCUT2D eigenvalue weighted by molar-refractivity contribution is 6.31. The van der Waals surface area contributed by atoms with Crippen LogP contribution in [0.15, 0.2) is 30.3 Å². The molecule has 1 spiro atoms. The van der Waals surface area contributed by atoms with Crippen LogP contribution in [0, 0.1) is 36.3 Å². The third-order valence-corrected chi connectivity index (χ3v) is 7.51. The lowest BCUT2D eigenvalue weighted by atomic mass is 9.66. The minimum atomic E-state index is -1.72. The summed E-state index contributed by atoms with van der Waals surface area (Å²) in [7, 11) is 0. The number of imide groups is 2. The molecule has 0 aliphatic carbocycles. The quantitative estimate of drug-likeness (QED) is 0.388. The molecule has 5 rings (SSSR count). The molecule has 2 aromatic carbocycles. The summed E-state index contributed by atoms with van der Waals surface area (Å²) in [5, 5.41) is 14.0. The van der Waals surface area contributed by atoms with Gasteiger partial charge >= 0.3 is 6.03 Å². The van der Waals surface area contributed by atoms with Crippen molar-refractivity contribution in [3.63, 3.8) is 0 Å². The zero-order valence-corrected chi connectivity index (χ0v) is 20.8. The molecule has 0 aromatic heterocycles. The lowest BCUT2D eigenvalue weighted by molar-refractivity contribution is -0.384. The van der Waals surface area contributed by atoms with E-state index in [9.17, 15) is 24.5 Å². The van der Waals surface area contributed by atoms with Crippen LogP contribution in [0.5, 0.6) is 0 Å². The number of nitro groups is 1. The molecule has 0 unspecified atom stereocenters. The summed E-state index contributed by atoms with van der Waals surface area (Å²) < 4.78 is 6.10. The molecule has 188 valence electrons. The van der Waals surface area contributed by atoms with Crippen LogP contribution in [-0.2, 0) is 20.7 Å². The Morgan fingerprint density at radius 3 is 2.39 bits per heavy atom. The Balaban J connectivity index is 1.73. The molecule has 2 saturated heterocycles. The van der Waals surface area contributed by atoms with Crippen LogP contribution in [0.2, 0.25) is 0 Å². The van der Waals surface area contributed by atoms with E-state index >= 15 is 0 Å². The van der Waals surface area contributed by atoms with Crippen molar-refractivity contribution in [1.82, 2.24) is 5.32 Å². The van der Waals surface area contributed by atoms with Gasteiger partial charge in [-0.3, -0.25) is 25.0 Å². The maximum Gasteiger partial charge on any atom is 0.335 e. The Labute approximate surface area is 208 Å². The van der Waals surface area contributed by atoms with E-state index in [2.05, 4.69) is 5.32 Å². The Kier molecular flexibility index (Phi) is 5.40. The van der Waals surface area contributed by atoms with Crippen molar-refractivity contribution >= 4 is 34.9 Å². The van der Waals surface area contributed by atoms with Crippen molar-refractivity contribution in [2.75, 3.05) is 16.3 Å². The number of hydrogen-bond donors (Lipinski definition) is 1. The lowest BCUT2D eigenvalue weighted by Gasteiger charge is -2.56. The SMILES string of the molecule is Cc1cc(C)c(N2C(=O)NC(=O)[C@]3(Cc4cc([N+](=O)[O-])ccc4N4C[C@H](C)O[C@H](C)[C@@H]43)C2=O)c(C)c1. The van der Waals surface area contributed by atoms with Gasteiger partial charge < -0.3 is 9.64 Å². The van der Waals surface area contributed by atoms with Crippen molar-refractivity contribution in [3.05, 3.63) is 62.7 Å². The van der Waals surface area contributed by atoms with Crippen LogP contribution in [0.1, 0.15) is 36.1 Å². The number of anilines is 2. The van der Waals surface area contributed by atoms with E-state index in [-0.39, 0.29) is 18.2 Å². The van der Waals surface area contributed by atoms with E-state index in [4.69, 9.17) is 4.74 Å². The van der Waals surface area contributed by atoms with Crippen LogP contribution in [0.25, 0.3) is 0 Å². The summed E-state index contributed by atoms with van der Waals surface area (Å²) >= 11 is 0. The van der Waals surface area contributed by atoms with E-state index in [0.29, 0.717) is 17.8 Å². The molecule has 10 heteroatoms. The van der Waals surface area contributed by atoms with Gasteiger partial charge in [0.2, 0.25) is 5.91 Å². The summed E-state index contributed by atoms with van der Waals surface area (Å²) in [5.74, 6) is -1.36. The van der Waals surface area contributed by atoms with Gasteiger partial charge in [-0.25, -0.2) is 9.69 Å². The molecule has 0 radical (unpaired) electrons. The summed E-state index contributed by atoms with van der Waals surface area (Å²) in [4.78, 5) is 55.4. The second-order valence-corrected chi connectivity index (χ2v) is 10.1. The molecule has 2 fully saturated rings. The number of urea groups is 1. The number of fused-ring (bicyclic) bond motifs is 4. The average Bonchev–Trinajstić information content (AvgIpc) is 2.78. The van der Waals surface area contributed by atoms with Crippen molar-refractivity contribution < 1.29 is 24.0 Å². The summed E-state index contributed by atoms with van der Waals surface area (Å²) in [5.41, 5.74) is 2.26. The summed E-state index contributed by atoms with van der Waals surface area (Å²) in [6.07, 6.45) is -0.816. The van der Waals surface area contributed by atoms with Gasteiger partial charge in [0.1, 0.15) is 0 Å². The number of ether oxygens (including phenoxy) is 1. The Bertz CT molecular complexity index is 1320. The monoisotopic (exact) mass is 492 g/mol. The first-order chi connectivity index (χ1) is 17.0. The number of carbonyl (C=O) groups excluding carboxylic acids is 3. The topological polar surface area (TPSA) is 122 Å². The van der Waals surface area contributed by atoms with Crippen LogP contribution < -0.4 is 15.1 Å². The summed E-state index contributed by atoms with van der Waals surface area (Å²) in [6.45, 7) is 9.67. The number of rotatable bonds is 2. The smallest absolute Gasteiger partial charge is 0.335 e. The molecule has 3 heterocycles. The van der Waals surface area contributed by atoms with Crippen LogP contribution in [-0.4, -0.2) is 47.6 Å². The first-order valence-corrected chi connectivity index (χ1v) is 11.9. The van der Waals surface area contributed by atoms with Crippen LogP contribution >= 0.6 is 0 Å². The standard InChI is InChI=1S/C26H28N4O6/c1-13-8-14(2)21(15(3)9-13)29-24(32)26(23(31)27-25(29)33)11-18-10-19(30(34)35)6-7-20(18)28-12-16(4)36-17(5)22(26)28/h6-10,16-17,22H,11-12H2,1-5H3,(H,27,31,33)/t16-,17+,22+,26+/m0/s1. The number of barbiturate groups is 1. The highest BCUT2D eigenvalue weighted by Crippen LogP contribution is 2.49. The van der Waals surface area contributed by atoms with Gasteiger partial charge in [-0.2, -0.15) is 0 Å². The third kappa shape index (κ3) is 3.31. The number of morpholine rings is 1. The van der Waals surface area contributed by atoms with Crippen LogP contribution in [0.4, 0.5) is 21.9 Å². The number of carbonyl (C=O) groups is 3. The molecular formula is C26H28N4O6. The van der Waals surface area contributed by atoms with Gasteiger partial charge in [0.15, 0.2) is 5.41 Å². The lowest BCUT2D eigenvalue weighted by Crippen LogP contribution is -2.76. The molecular weight excluding hydrogens is 464 g/mol. The molecule has 4 atom stereocenters. The fraction of sp³-hybridized carbons (Fsp3) is 0.423. The largest absolute Gasteiger partial charge is 0.372 e. The minimum absolute atomic E-state index is 0.0916. The molecule has 0 bridgehead atoms. The number of nitrogens with one attached hydrogen (secondary N) is 1. The number of hydrogen-bond acceptors (Lipinski definition) is 7. The predicted octanol–water partition coefficient (Wildman–Crippen LogP) is 3.33. The second kappa shape index (κ2) is 8.12. The van der Waals surface area contributed by atoms with Crippen molar-refractivity contribution in [1.29, 1.82) is 0 Å². The fourth-order valence-electron chi connectivity index (χ4n) is 6.35. The molecule has 10 nitrogen and oxygen atoms in total.